The van der Waals surface area contributed by atoms with Crippen molar-refractivity contribution >= 4 is 19.2 Å². The first-order valence-electron chi connectivity index (χ1n) is 15.6. The summed E-state index contributed by atoms with van der Waals surface area (Å²) in [6.07, 6.45) is 13.3. The number of aliphatic hydroxyl groups excluding tert-OH is 2. The lowest BCUT2D eigenvalue weighted by molar-refractivity contribution is -0.155. The molecule has 13 heteroatoms. The largest absolute Gasteiger partial charge is 0.474 e. The number of rotatable bonds is 22. The number of phosphoric acid groups is 1. The van der Waals surface area contributed by atoms with E-state index in [0.29, 0.717) is 37.3 Å². The fraction of sp³-hybridized carbons (Fsp3) is 0.793. The summed E-state index contributed by atoms with van der Waals surface area (Å²) in [5.74, 6) is 0.226. The third kappa shape index (κ3) is 10.2. The summed E-state index contributed by atoms with van der Waals surface area (Å²) >= 11 is 0. The van der Waals surface area contributed by atoms with Crippen LogP contribution < -0.4 is 5.73 Å². The van der Waals surface area contributed by atoms with Gasteiger partial charge in [0.2, 0.25) is 0 Å². The maximum Gasteiger partial charge on any atom is 0.474 e. The number of fused-ring (bicyclic) bond motifs is 1. The maximum atomic E-state index is 12.5. The molecule has 2 aromatic heterocycles. The van der Waals surface area contributed by atoms with Crippen LogP contribution in [0, 0.1) is 0 Å². The number of nitrogens with zero attached hydrogens (tertiary/aromatic N) is 3. The molecule has 1 saturated heterocycles. The van der Waals surface area contributed by atoms with E-state index in [1.807, 2.05) is 0 Å². The highest BCUT2D eigenvalue weighted by Gasteiger charge is 2.56. The van der Waals surface area contributed by atoms with Crippen molar-refractivity contribution in [3.05, 3.63) is 24.2 Å². The SMILES string of the molecule is CCCCCCCCCCCCCCOCCCCOP(=O)(O)O[C@H]1O[C@@](C)(c2ccc3c(N)ncnn23)[C@H](O)[C@@H]1O. The highest BCUT2D eigenvalue weighted by molar-refractivity contribution is 7.47. The fourth-order valence-corrected chi connectivity index (χ4v) is 6.13. The van der Waals surface area contributed by atoms with Crippen molar-refractivity contribution in [2.75, 3.05) is 25.6 Å². The van der Waals surface area contributed by atoms with E-state index >= 15 is 0 Å². The van der Waals surface area contributed by atoms with E-state index in [2.05, 4.69) is 17.0 Å². The van der Waals surface area contributed by atoms with Crippen LogP contribution in [0.1, 0.15) is 109 Å². The van der Waals surface area contributed by atoms with Crippen LogP contribution in [0.25, 0.3) is 5.52 Å². The molecule has 1 aliphatic heterocycles. The average Bonchev–Trinajstić information content (AvgIpc) is 3.49. The van der Waals surface area contributed by atoms with Gasteiger partial charge in [-0.3, -0.25) is 9.05 Å². The Hall–Kier alpha value is -1.63. The average molecular weight is 615 g/mol. The smallest absolute Gasteiger partial charge is 0.387 e. The molecule has 0 spiro atoms. The number of aliphatic hydroxyl groups is 2. The Morgan fingerprint density at radius 3 is 2.17 bits per heavy atom. The van der Waals surface area contributed by atoms with Crippen LogP contribution in [-0.4, -0.2) is 68.0 Å². The fourth-order valence-electron chi connectivity index (χ4n) is 5.27. The Morgan fingerprint density at radius 1 is 0.952 bits per heavy atom. The molecule has 0 bridgehead atoms. The Morgan fingerprint density at radius 2 is 1.52 bits per heavy atom. The Balaban J connectivity index is 1.24. The van der Waals surface area contributed by atoms with Crippen molar-refractivity contribution in [2.45, 2.75) is 128 Å². The first kappa shape index (κ1) is 34.9. The standard InChI is InChI=1S/C29H51N4O8P/c1-3-4-5-6-7-8-9-10-11-12-13-14-19-38-20-15-16-21-39-42(36,37)41-28-25(34)26(35)29(2,40-28)24-18-17-23-27(30)31-22-32-33(23)24/h17-18,22,25-26,28,34-35H,3-16,19-21H2,1-2H3,(H,36,37)(H2,30,31,32)/t25-,26+,28+,29-/m0/s1. The first-order chi connectivity index (χ1) is 20.2. The van der Waals surface area contributed by atoms with E-state index in [1.165, 1.54) is 88.4 Å². The van der Waals surface area contributed by atoms with Crippen LogP contribution in [0.5, 0.6) is 0 Å². The van der Waals surface area contributed by atoms with Crippen LogP contribution >= 0.6 is 7.82 Å². The highest BCUT2D eigenvalue weighted by atomic mass is 31.2. The van der Waals surface area contributed by atoms with Gasteiger partial charge in [-0.05, 0) is 38.3 Å². The quantitative estimate of drug-likeness (QED) is 0.101. The molecular formula is C29H51N4O8P. The maximum absolute atomic E-state index is 12.5. The number of hydrogen-bond acceptors (Lipinski definition) is 10. The Bertz CT molecular complexity index is 1100. The molecule has 5 N–H and O–H groups in total. The minimum Gasteiger partial charge on any atom is -0.387 e. The molecule has 42 heavy (non-hydrogen) atoms. The summed E-state index contributed by atoms with van der Waals surface area (Å²) < 4.78 is 35.5. The van der Waals surface area contributed by atoms with Gasteiger partial charge in [-0.2, -0.15) is 5.10 Å². The molecule has 12 nitrogen and oxygen atoms in total. The van der Waals surface area contributed by atoms with Crippen molar-refractivity contribution in [2.24, 2.45) is 0 Å². The van der Waals surface area contributed by atoms with Gasteiger partial charge in [0, 0.05) is 13.2 Å². The Labute approximate surface area is 249 Å². The third-order valence-corrected chi connectivity index (χ3v) is 8.82. The zero-order chi connectivity index (χ0) is 30.4. The van der Waals surface area contributed by atoms with Crippen molar-refractivity contribution in [3.8, 4) is 0 Å². The minimum atomic E-state index is -4.58. The number of ether oxygens (including phenoxy) is 2. The topological polar surface area (TPSA) is 171 Å². The third-order valence-electron chi connectivity index (χ3n) is 7.83. The lowest BCUT2D eigenvalue weighted by Gasteiger charge is -2.27. The molecule has 0 saturated carbocycles. The second-order valence-electron chi connectivity index (χ2n) is 11.3. The molecular weight excluding hydrogens is 563 g/mol. The summed E-state index contributed by atoms with van der Waals surface area (Å²) in [5, 5.41) is 25.4. The summed E-state index contributed by atoms with van der Waals surface area (Å²) in [7, 11) is -4.58. The van der Waals surface area contributed by atoms with Gasteiger partial charge in [-0.15, -0.1) is 0 Å². The van der Waals surface area contributed by atoms with E-state index in [0.717, 1.165) is 6.42 Å². The molecule has 5 atom stereocenters. The molecule has 0 amide bonds. The predicted octanol–water partition coefficient (Wildman–Crippen LogP) is 5.24. The van der Waals surface area contributed by atoms with Crippen molar-refractivity contribution < 1.29 is 38.2 Å². The van der Waals surface area contributed by atoms with Gasteiger partial charge in [0.1, 0.15) is 29.7 Å². The molecule has 0 aromatic carbocycles. The molecule has 1 fully saturated rings. The van der Waals surface area contributed by atoms with Crippen molar-refractivity contribution in [1.29, 1.82) is 0 Å². The number of aromatic nitrogens is 3. The van der Waals surface area contributed by atoms with Gasteiger partial charge in [-0.25, -0.2) is 14.1 Å². The minimum absolute atomic E-state index is 0.0298. The van der Waals surface area contributed by atoms with Gasteiger partial charge in [0.15, 0.2) is 12.1 Å². The monoisotopic (exact) mass is 614 g/mol. The van der Waals surface area contributed by atoms with Crippen LogP contribution in [-0.2, 0) is 28.7 Å². The lowest BCUT2D eigenvalue weighted by Crippen LogP contribution is -2.39. The second-order valence-corrected chi connectivity index (χ2v) is 12.7. The molecule has 2 aromatic rings. The zero-order valence-electron chi connectivity index (χ0n) is 25.2. The molecule has 1 unspecified atom stereocenters. The van der Waals surface area contributed by atoms with E-state index < -0.39 is 31.9 Å². The summed E-state index contributed by atoms with van der Waals surface area (Å²) in [6, 6.07) is 3.27. The van der Waals surface area contributed by atoms with Crippen molar-refractivity contribution in [1.82, 2.24) is 14.6 Å². The first-order valence-corrected chi connectivity index (χ1v) is 17.1. The van der Waals surface area contributed by atoms with Crippen LogP contribution in [0.3, 0.4) is 0 Å². The molecule has 0 aliphatic carbocycles. The molecule has 3 heterocycles. The number of anilines is 1. The van der Waals surface area contributed by atoms with Gasteiger partial charge in [0.25, 0.3) is 0 Å². The number of phosphoric ester groups is 1. The van der Waals surface area contributed by atoms with Gasteiger partial charge in [-0.1, -0.05) is 77.6 Å². The van der Waals surface area contributed by atoms with Crippen LogP contribution in [0.4, 0.5) is 5.82 Å². The van der Waals surface area contributed by atoms with Gasteiger partial charge in [0.05, 0.1) is 12.3 Å². The highest BCUT2D eigenvalue weighted by Crippen LogP contribution is 2.50. The van der Waals surface area contributed by atoms with E-state index in [1.54, 1.807) is 12.1 Å². The molecule has 1 aliphatic rings. The summed E-state index contributed by atoms with van der Waals surface area (Å²) in [5.41, 5.74) is 5.21. The number of hydrogen-bond donors (Lipinski definition) is 4. The van der Waals surface area contributed by atoms with E-state index in [4.69, 9.17) is 24.3 Å². The lowest BCUT2D eigenvalue weighted by atomic mass is 9.94. The number of nitrogens with two attached hydrogens (primary N) is 1. The molecule has 240 valence electrons. The van der Waals surface area contributed by atoms with E-state index in [9.17, 15) is 19.7 Å². The summed E-state index contributed by atoms with van der Waals surface area (Å²) in [4.78, 5) is 14.1. The number of unbranched alkanes of at least 4 members (excludes halogenated alkanes) is 12. The molecule has 0 radical (unpaired) electrons. The Kier molecular flexibility index (Phi) is 14.6. The van der Waals surface area contributed by atoms with Gasteiger partial charge < -0.3 is 30.3 Å². The van der Waals surface area contributed by atoms with Crippen LogP contribution in [0.15, 0.2) is 18.5 Å². The van der Waals surface area contributed by atoms with Gasteiger partial charge >= 0.3 is 7.82 Å². The van der Waals surface area contributed by atoms with E-state index in [-0.39, 0.29) is 12.4 Å². The number of nitrogen functional groups attached to an aromatic ring is 1. The second kappa shape index (κ2) is 17.6. The zero-order valence-corrected chi connectivity index (χ0v) is 26.1. The summed E-state index contributed by atoms with van der Waals surface area (Å²) in [6.45, 7) is 5.00. The normalized spacial score (nSPS) is 24.0. The van der Waals surface area contributed by atoms with Crippen LogP contribution in [0.2, 0.25) is 0 Å². The predicted molar refractivity (Wildman–Crippen MR) is 160 cm³/mol. The molecule has 3 rings (SSSR count). The van der Waals surface area contributed by atoms with Crippen molar-refractivity contribution in [3.63, 3.8) is 0 Å².